The van der Waals surface area contributed by atoms with Crippen LogP contribution in [-0.4, -0.2) is 46.5 Å². The van der Waals surface area contributed by atoms with Gasteiger partial charge in [-0.05, 0) is 19.1 Å². The topological polar surface area (TPSA) is 111 Å². The standard InChI is InChI=1S/C13H22N2O5S/c1-13(16,6-7-19-2)9-15-21(17,18)12-5-4-10(14)8-11(12)20-3/h4-5,8,15-16H,6-7,9,14H2,1-3H3. The second-order valence-electron chi connectivity index (χ2n) is 4.97. The number of aliphatic hydroxyl groups is 1. The summed E-state index contributed by atoms with van der Waals surface area (Å²) in [6.45, 7) is 1.74. The highest BCUT2D eigenvalue weighted by atomic mass is 32.2. The third kappa shape index (κ3) is 5.16. The molecule has 4 N–H and O–H groups in total. The zero-order valence-electron chi connectivity index (χ0n) is 12.4. The molecule has 1 rings (SSSR count). The summed E-state index contributed by atoms with van der Waals surface area (Å²) in [5, 5.41) is 10.1. The van der Waals surface area contributed by atoms with Crippen LogP contribution in [0.2, 0.25) is 0 Å². The van der Waals surface area contributed by atoms with Gasteiger partial charge >= 0.3 is 0 Å². The molecular weight excluding hydrogens is 296 g/mol. The molecule has 1 aromatic carbocycles. The number of anilines is 1. The smallest absolute Gasteiger partial charge is 0.244 e. The molecule has 0 bridgehead atoms. The normalized spacial score (nSPS) is 14.7. The molecule has 7 nitrogen and oxygen atoms in total. The van der Waals surface area contributed by atoms with E-state index in [1.165, 1.54) is 39.3 Å². The number of methoxy groups -OCH3 is 2. The van der Waals surface area contributed by atoms with E-state index in [0.717, 1.165) is 0 Å². The van der Waals surface area contributed by atoms with Crippen molar-refractivity contribution in [3.63, 3.8) is 0 Å². The molecule has 1 atom stereocenters. The first-order chi connectivity index (χ1) is 9.72. The maximum Gasteiger partial charge on any atom is 0.244 e. The Morgan fingerprint density at radius 1 is 1.38 bits per heavy atom. The van der Waals surface area contributed by atoms with Gasteiger partial charge in [-0.25, -0.2) is 13.1 Å². The maximum atomic E-state index is 12.3. The van der Waals surface area contributed by atoms with Crippen LogP contribution in [0.5, 0.6) is 5.75 Å². The fraction of sp³-hybridized carbons (Fsp3) is 0.538. The van der Waals surface area contributed by atoms with Crippen molar-refractivity contribution in [1.82, 2.24) is 4.72 Å². The third-order valence-electron chi connectivity index (χ3n) is 2.96. The van der Waals surface area contributed by atoms with Gasteiger partial charge in [0.2, 0.25) is 10.0 Å². The van der Waals surface area contributed by atoms with Crippen LogP contribution in [0.4, 0.5) is 5.69 Å². The van der Waals surface area contributed by atoms with E-state index in [1.807, 2.05) is 0 Å². The molecule has 21 heavy (non-hydrogen) atoms. The average molecular weight is 318 g/mol. The summed E-state index contributed by atoms with van der Waals surface area (Å²) >= 11 is 0. The number of ether oxygens (including phenoxy) is 2. The summed E-state index contributed by atoms with van der Waals surface area (Å²) in [7, 11) is -0.932. The van der Waals surface area contributed by atoms with E-state index in [1.54, 1.807) is 0 Å². The number of hydrogen-bond donors (Lipinski definition) is 3. The van der Waals surface area contributed by atoms with Crippen molar-refractivity contribution in [2.45, 2.75) is 23.8 Å². The van der Waals surface area contributed by atoms with Crippen LogP contribution in [0, 0.1) is 0 Å². The number of nitrogens with two attached hydrogens (primary N) is 1. The number of sulfonamides is 1. The van der Waals surface area contributed by atoms with Crippen LogP contribution >= 0.6 is 0 Å². The van der Waals surface area contributed by atoms with Crippen molar-refractivity contribution in [1.29, 1.82) is 0 Å². The lowest BCUT2D eigenvalue weighted by Crippen LogP contribution is -2.41. The summed E-state index contributed by atoms with van der Waals surface area (Å²) in [4.78, 5) is -0.0262. The highest BCUT2D eigenvalue weighted by Crippen LogP contribution is 2.26. The fourth-order valence-electron chi connectivity index (χ4n) is 1.64. The van der Waals surface area contributed by atoms with Crippen molar-refractivity contribution in [2.24, 2.45) is 0 Å². The largest absolute Gasteiger partial charge is 0.495 e. The monoisotopic (exact) mass is 318 g/mol. The van der Waals surface area contributed by atoms with Crippen LogP contribution in [0.3, 0.4) is 0 Å². The van der Waals surface area contributed by atoms with E-state index in [9.17, 15) is 13.5 Å². The Balaban J connectivity index is 2.87. The second-order valence-corrected chi connectivity index (χ2v) is 6.71. The molecular formula is C13H22N2O5S. The number of rotatable bonds is 8. The highest BCUT2D eigenvalue weighted by Gasteiger charge is 2.25. The molecule has 0 saturated carbocycles. The Morgan fingerprint density at radius 2 is 2.05 bits per heavy atom. The Labute approximate surface area is 125 Å². The minimum atomic E-state index is -3.81. The van der Waals surface area contributed by atoms with Crippen LogP contribution in [0.15, 0.2) is 23.1 Å². The van der Waals surface area contributed by atoms with E-state index in [0.29, 0.717) is 18.7 Å². The summed E-state index contributed by atoms with van der Waals surface area (Å²) in [6, 6.07) is 4.26. The predicted octanol–water partition coefficient (Wildman–Crippen LogP) is 0.343. The van der Waals surface area contributed by atoms with Gasteiger partial charge in [-0.15, -0.1) is 0 Å². The first kappa shape index (κ1) is 17.7. The fourth-order valence-corrected chi connectivity index (χ4v) is 2.96. The Kier molecular flexibility index (Phi) is 5.97. The van der Waals surface area contributed by atoms with Crippen LogP contribution in [0.1, 0.15) is 13.3 Å². The van der Waals surface area contributed by atoms with Gasteiger partial charge in [-0.2, -0.15) is 0 Å². The molecule has 0 radical (unpaired) electrons. The maximum absolute atomic E-state index is 12.3. The van der Waals surface area contributed by atoms with Crippen LogP contribution in [-0.2, 0) is 14.8 Å². The van der Waals surface area contributed by atoms with Crippen molar-refractivity contribution < 1.29 is 23.0 Å². The van der Waals surface area contributed by atoms with Crippen molar-refractivity contribution in [3.05, 3.63) is 18.2 Å². The summed E-state index contributed by atoms with van der Waals surface area (Å²) in [6.07, 6.45) is 0.310. The summed E-state index contributed by atoms with van der Waals surface area (Å²) in [5.41, 5.74) is 4.79. The van der Waals surface area contributed by atoms with Gasteiger partial charge in [0.1, 0.15) is 10.6 Å². The lowest BCUT2D eigenvalue weighted by molar-refractivity contribution is 0.0292. The average Bonchev–Trinajstić information content (AvgIpc) is 2.43. The number of nitrogen functional groups attached to an aromatic ring is 1. The van der Waals surface area contributed by atoms with Gasteiger partial charge in [0.15, 0.2) is 0 Å². The van der Waals surface area contributed by atoms with E-state index in [2.05, 4.69) is 4.72 Å². The lowest BCUT2D eigenvalue weighted by Gasteiger charge is -2.23. The Hall–Kier alpha value is -1.35. The zero-order valence-corrected chi connectivity index (χ0v) is 13.2. The molecule has 0 fully saturated rings. The minimum Gasteiger partial charge on any atom is -0.495 e. The molecule has 0 spiro atoms. The van der Waals surface area contributed by atoms with Crippen molar-refractivity contribution in [3.8, 4) is 5.75 Å². The Morgan fingerprint density at radius 3 is 2.62 bits per heavy atom. The molecule has 120 valence electrons. The first-order valence-electron chi connectivity index (χ1n) is 6.36. The Bertz CT molecular complexity index is 572. The molecule has 0 aromatic heterocycles. The molecule has 0 aliphatic rings. The number of hydrogen-bond acceptors (Lipinski definition) is 6. The molecule has 0 aliphatic heterocycles. The van der Waals surface area contributed by atoms with Crippen LogP contribution in [0.25, 0.3) is 0 Å². The van der Waals surface area contributed by atoms with Gasteiger partial charge in [0.25, 0.3) is 0 Å². The van der Waals surface area contributed by atoms with E-state index >= 15 is 0 Å². The third-order valence-corrected chi connectivity index (χ3v) is 4.41. The first-order valence-corrected chi connectivity index (χ1v) is 7.85. The number of nitrogens with one attached hydrogen (secondary N) is 1. The molecule has 8 heteroatoms. The van der Waals surface area contributed by atoms with Crippen molar-refractivity contribution >= 4 is 15.7 Å². The minimum absolute atomic E-state index is 0.0262. The summed E-state index contributed by atoms with van der Waals surface area (Å²) in [5.74, 6) is 0.152. The predicted molar refractivity (Wildman–Crippen MR) is 79.7 cm³/mol. The highest BCUT2D eigenvalue weighted by molar-refractivity contribution is 7.89. The van der Waals surface area contributed by atoms with E-state index < -0.39 is 15.6 Å². The van der Waals surface area contributed by atoms with Crippen LogP contribution < -0.4 is 15.2 Å². The zero-order chi connectivity index (χ0) is 16.1. The second kappa shape index (κ2) is 7.08. The molecule has 0 aliphatic carbocycles. The van der Waals surface area contributed by atoms with Gasteiger partial charge in [-0.1, -0.05) is 0 Å². The summed E-state index contributed by atoms with van der Waals surface area (Å²) < 4.78 is 36.8. The molecule has 0 amide bonds. The van der Waals surface area contributed by atoms with E-state index in [4.69, 9.17) is 15.2 Å². The van der Waals surface area contributed by atoms with Crippen molar-refractivity contribution in [2.75, 3.05) is 33.1 Å². The molecule has 0 saturated heterocycles. The quantitative estimate of drug-likeness (QED) is 0.596. The van der Waals surface area contributed by atoms with Gasteiger partial charge in [0.05, 0.1) is 12.7 Å². The van der Waals surface area contributed by atoms with Gasteiger partial charge < -0.3 is 20.3 Å². The number of benzene rings is 1. The lowest BCUT2D eigenvalue weighted by atomic mass is 10.0. The van der Waals surface area contributed by atoms with Gasteiger partial charge in [-0.3, -0.25) is 0 Å². The SMILES string of the molecule is COCCC(C)(O)CNS(=O)(=O)c1ccc(N)cc1OC. The van der Waals surface area contributed by atoms with E-state index in [-0.39, 0.29) is 17.2 Å². The van der Waals surface area contributed by atoms with Gasteiger partial charge in [0, 0.05) is 38.4 Å². The molecule has 1 unspecified atom stereocenters. The molecule has 1 aromatic rings. The molecule has 0 heterocycles.